The second kappa shape index (κ2) is 10.8. The number of nitrogens with one attached hydrogen (secondary N) is 1. The fourth-order valence-corrected chi connectivity index (χ4v) is 4.48. The van der Waals surface area contributed by atoms with Crippen molar-refractivity contribution < 1.29 is 13.2 Å². The normalized spacial score (nSPS) is 16.7. The zero-order valence-electron chi connectivity index (χ0n) is 16.6. The average Bonchev–Trinajstić information content (AvgIpc) is 2.62. The van der Waals surface area contributed by atoms with Crippen LogP contribution in [0.2, 0.25) is 0 Å². The van der Waals surface area contributed by atoms with Crippen molar-refractivity contribution in [3.8, 4) is 0 Å². The van der Waals surface area contributed by atoms with Crippen molar-refractivity contribution >= 4 is 21.6 Å². The van der Waals surface area contributed by atoms with Crippen LogP contribution >= 0.6 is 0 Å². The number of nitrogens with zero attached hydrogens (tertiary/aromatic N) is 2. The Morgan fingerprint density at radius 3 is 2.26 bits per heavy atom. The van der Waals surface area contributed by atoms with Crippen molar-refractivity contribution in [3.05, 3.63) is 24.3 Å². The maximum atomic E-state index is 12.5. The maximum Gasteiger partial charge on any atom is 0.242 e. The highest BCUT2D eigenvalue weighted by Crippen LogP contribution is 2.18. The lowest BCUT2D eigenvalue weighted by Crippen LogP contribution is -2.35. The van der Waals surface area contributed by atoms with Crippen LogP contribution in [0.3, 0.4) is 0 Å². The molecule has 0 aliphatic carbocycles. The molecule has 0 bridgehead atoms. The van der Waals surface area contributed by atoms with Crippen LogP contribution in [-0.2, 0) is 14.8 Å². The number of hydrogen-bond donors (Lipinski definition) is 1. The lowest BCUT2D eigenvalue weighted by atomic mass is 10.1. The number of unbranched alkanes of at least 4 members (excludes halogenated alkanes) is 1. The minimum Gasteiger partial charge on any atom is -0.325 e. The molecular weight excluding hydrogens is 362 g/mol. The van der Waals surface area contributed by atoms with Gasteiger partial charge in [-0.25, -0.2) is 12.7 Å². The van der Waals surface area contributed by atoms with E-state index in [1.54, 1.807) is 31.3 Å². The van der Waals surface area contributed by atoms with Gasteiger partial charge in [0.15, 0.2) is 0 Å². The number of benzene rings is 1. The van der Waals surface area contributed by atoms with Gasteiger partial charge in [0, 0.05) is 19.3 Å². The molecule has 1 aromatic carbocycles. The summed E-state index contributed by atoms with van der Waals surface area (Å²) in [6, 6.07) is 6.44. The molecule has 1 aliphatic rings. The molecule has 0 radical (unpaired) electrons. The molecule has 0 aromatic heterocycles. The van der Waals surface area contributed by atoms with Crippen molar-refractivity contribution in [2.45, 2.75) is 56.8 Å². The molecule has 1 saturated heterocycles. The molecule has 1 N–H and O–H groups in total. The van der Waals surface area contributed by atoms with Crippen molar-refractivity contribution in [2.75, 3.05) is 38.5 Å². The Hall–Kier alpha value is -1.44. The van der Waals surface area contributed by atoms with Gasteiger partial charge in [0.05, 0.1) is 11.4 Å². The lowest BCUT2D eigenvalue weighted by molar-refractivity contribution is -0.117. The van der Waals surface area contributed by atoms with Gasteiger partial charge in [-0.05, 0) is 56.6 Å². The Morgan fingerprint density at radius 1 is 1.07 bits per heavy atom. The fraction of sp³-hybridized carbons (Fsp3) is 0.650. The third-order valence-corrected chi connectivity index (χ3v) is 6.86. The van der Waals surface area contributed by atoms with Gasteiger partial charge in [0.2, 0.25) is 15.9 Å². The molecule has 0 spiro atoms. The fourth-order valence-electron chi connectivity index (χ4n) is 3.27. The number of rotatable bonds is 8. The van der Waals surface area contributed by atoms with E-state index in [-0.39, 0.29) is 10.8 Å². The van der Waals surface area contributed by atoms with Crippen LogP contribution in [0.4, 0.5) is 5.69 Å². The van der Waals surface area contributed by atoms with Crippen molar-refractivity contribution in [1.82, 2.24) is 9.21 Å². The summed E-state index contributed by atoms with van der Waals surface area (Å²) in [6.45, 7) is 4.86. The molecule has 1 aromatic rings. The van der Waals surface area contributed by atoms with E-state index in [2.05, 4.69) is 10.2 Å². The van der Waals surface area contributed by atoms with Crippen LogP contribution in [0, 0.1) is 0 Å². The molecule has 27 heavy (non-hydrogen) atoms. The summed E-state index contributed by atoms with van der Waals surface area (Å²) < 4.78 is 26.4. The van der Waals surface area contributed by atoms with Gasteiger partial charge in [-0.1, -0.05) is 32.6 Å². The summed E-state index contributed by atoms with van der Waals surface area (Å²) >= 11 is 0. The Labute approximate surface area is 164 Å². The van der Waals surface area contributed by atoms with Gasteiger partial charge >= 0.3 is 0 Å². The van der Waals surface area contributed by atoms with Crippen LogP contribution < -0.4 is 5.32 Å². The smallest absolute Gasteiger partial charge is 0.242 e. The van der Waals surface area contributed by atoms with Gasteiger partial charge < -0.3 is 5.32 Å². The molecule has 152 valence electrons. The molecule has 0 saturated carbocycles. The van der Waals surface area contributed by atoms with Gasteiger partial charge in [-0.15, -0.1) is 0 Å². The first-order valence-electron chi connectivity index (χ1n) is 10.0. The van der Waals surface area contributed by atoms with Crippen LogP contribution in [0.1, 0.15) is 51.9 Å². The van der Waals surface area contributed by atoms with Crippen molar-refractivity contribution in [3.63, 3.8) is 0 Å². The van der Waals surface area contributed by atoms with Crippen LogP contribution in [0.25, 0.3) is 0 Å². The van der Waals surface area contributed by atoms with Crippen LogP contribution in [-0.4, -0.2) is 56.8 Å². The van der Waals surface area contributed by atoms with E-state index in [9.17, 15) is 13.2 Å². The van der Waals surface area contributed by atoms with E-state index < -0.39 is 10.0 Å². The van der Waals surface area contributed by atoms with E-state index in [0.717, 1.165) is 38.8 Å². The average molecular weight is 396 g/mol. The maximum absolute atomic E-state index is 12.5. The first-order chi connectivity index (χ1) is 12.9. The topological polar surface area (TPSA) is 69.7 Å². The number of anilines is 1. The molecule has 7 heteroatoms. The van der Waals surface area contributed by atoms with Crippen molar-refractivity contribution in [2.24, 2.45) is 0 Å². The Kier molecular flexibility index (Phi) is 8.73. The first-order valence-corrected chi connectivity index (χ1v) is 11.5. The zero-order chi connectivity index (χ0) is 19.7. The molecule has 0 atom stereocenters. The first kappa shape index (κ1) is 21.9. The Balaban J connectivity index is 1.91. The Morgan fingerprint density at radius 2 is 1.67 bits per heavy atom. The molecule has 6 nitrogen and oxygen atoms in total. The van der Waals surface area contributed by atoms with E-state index in [1.807, 2.05) is 6.92 Å². The number of likely N-dealkylation sites (tertiary alicyclic amines) is 1. The predicted molar refractivity (Wildman–Crippen MR) is 109 cm³/mol. The summed E-state index contributed by atoms with van der Waals surface area (Å²) in [7, 11) is -1.87. The van der Waals surface area contributed by atoms with Gasteiger partial charge in [0.1, 0.15) is 0 Å². The quantitative estimate of drug-likeness (QED) is 0.733. The number of carbonyl (C=O) groups is 1. The summed E-state index contributed by atoms with van der Waals surface area (Å²) in [6.07, 6.45) is 7.84. The highest BCUT2D eigenvalue weighted by molar-refractivity contribution is 7.89. The SMILES string of the molecule is CCCCN(C)S(=O)(=O)c1ccc(NC(=O)CN2CCCCCCC2)cc1. The molecule has 1 amide bonds. The van der Waals surface area contributed by atoms with E-state index in [1.165, 1.54) is 23.6 Å². The molecule has 1 fully saturated rings. The van der Waals surface area contributed by atoms with Crippen molar-refractivity contribution in [1.29, 1.82) is 0 Å². The molecule has 1 aliphatic heterocycles. The molecule has 2 rings (SSSR count). The summed E-state index contributed by atoms with van der Waals surface area (Å²) in [5.74, 6) is -0.0498. The Bertz CT molecular complexity index is 681. The van der Waals surface area contributed by atoms with Gasteiger partial charge in [0.25, 0.3) is 0 Å². The van der Waals surface area contributed by atoms with Gasteiger partial charge in [-0.3, -0.25) is 9.69 Å². The number of sulfonamides is 1. The monoisotopic (exact) mass is 395 g/mol. The highest BCUT2D eigenvalue weighted by atomic mass is 32.2. The van der Waals surface area contributed by atoms with E-state index in [4.69, 9.17) is 0 Å². The minimum absolute atomic E-state index is 0.0498. The predicted octanol–water partition coefficient (Wildman–Crippen LogP) is 3.31. The number of carbonyl (C=O) groups excluding carboxylic acids is 1. The zero-order valence-corrected chi connectivity index (χ0v) is 17.4. The second-order valence-electron chi connectivity index (χ2n) is 7.30. The number of hydrogen-bond acceptors (Lipinski definition) is 4. The van der Waals surface area contributed by atoms with E-state index in [0.29, 0.717) is 18.8 Å². The molecule has 1 heterocycles. The summed E-state index contributed by atoms with van der Waals surface area (Å²) in [5, 5.41) is 2.88. The van der Waals surface area contributed by atoms with Crippen LogP contribution in [0.5, 0.6) is 0 Å². The largest absolute Gasteiger partial charge is 0.325 e. The summed E-state index contributed by atoms with van der Waals surface area (Å²) in [5.41, 5.74) is 0.627. The van der Waals surface area contributed by atoms with E-state index >= 15 is 0 Å². The third-order valence-electron chi connectivity index (χ3n) is 4.99. The number of amides is 1. The van der Waals surface area contributed by atoms with Crippen LogP contribution in [0.15, 0.2) is 29.2 Å². The highest BCUT2D eigenvalue weighted by Gasteiger charge is 2.20. The van der Waals surface area contributed by atoms with Gasteiger partial charge in [-0.2, -0.15) is 0 Å². The molecule has 0 unspecified atom stereocenters. The summed E-state index contributed by atoms with van der Waals surface area (Å²) in [4.78, 5) is 14.8. The minimum atomic E-state index is -3.47. The second-order valence-corrected chi connectivity index (χ2v) is 9.34. The third kappa shape index (κ3) is 6.90. The molecular formula is C20H33N3O3S. The standard InChI is InChI=1S/C20H33N3O3S/c1-3-4-14-22(2)27(25,26)19-12-10-18(11-13-19)21-20(24)17-23-15-8-6-5-7-9-16-23/h10-13H,3-9,14-17H2,1-2H3,(H,21,24). The lowest BCUT2D eigenvalue weighted by Gasteiger charge is -2.23.